The van der Waals surface area contributed by atoms with Crippen molar-refractivity contribution in [3.05, 3.63) is 29.3 Å². The minimum Gasteiger partial charge on any atom is -0.351 e. The molecule has 0 atom stereocenters. The van der Waals surface area contributed by atoms with Crippen molar-refractivity contribution in [3.63, 3.8) is 0 Å². The Kier molecular flexibility index (Phi) is 3.51. The third kappa shape index (κ3) is 2.32. The first-order chi connectivity index (χ1) is 9.66. The van der Waals surface area contributed by atoms with Gasteiger partial charge in [-0.3, -0.25) is 4.68 Å². The normalized spacial score (nSPS) is 15.9. The highest BCUT2D eigenvalue weighted by atomic mass is 15.3. The number of hydrogen-bond acceptors (Lipinski definition) is 3. The van der Waals surface area contributed by atoms with Gasteiger partial charge in [0, 0.05) is 43.3 Å². The fourth-order valence-electron chi connectivity index (χ4n) is 3.17. The lowest BCUT2D eigenvalue weighted by Gasteiger charge is -2.15. The first kappa shape index (κ1) is 13.2. The van der Waals surface area contributed by atoms with E-state index < -0.39 is 0 Å². The zero-order valence-corrected chi connectivity index (χ0v) is 12.6. The number of aromatic nitrogens is 4. The van der Waals surface area contributed by atoms with Gasteiger partial charge >= 0.3 is 0 Å². The van der Waals surface area contributed by atoms with E-state index in [4.69, 9.17) is 0 Å². The van der Waals surface area contributed by atoms with Crippen molar-refractivity contribution < 1.29 is 0 Å². The molecule has 20 heavy (non-hydrogen) atoms. The number of imidazole rings is 1. The zero-order chi connectivity index (χ0) is 14.1. The van der Waals surface area contributed by atoms with Gasteiger partial charge in [0.2, 0.25) is 5.95 Å². The minimum absolute atomic E-state index is 0.621. The van der Waals surface area contributed by atoms with Crippen LogP contribution in [-0.4, -0.2) is 19.3 Å². The summed E-state index contributed by atoms with van der Waals surface area (Å²) in [6.07, 6.45) is 9.21. The van der Waals surface area contributed by atoms with E-state index in [1.165, 1.54) is 36.9 Å². The van der Waals surface area contributed by atoms with Crippen LogP contribution < -0.4 is 5.32 Å². The third-order valence-corrected chi connectivity index (χ3v) is 4.47. The second-order valence-electron chi connectivity index (χ2n) is 5.72. The molecule has 2 aromatic heterocycles. The number of aryl methyl sites for hydroxylation is 2. The Morgan fingerprint density at radius 2 is 2.05 bits per heavy atom. The number of nitrogens with zero attached hydrogens (tertiary/aromatic N) is 4. The van der Waals surface area contributed by atoms with Gasteiger partial charge in [-0.2, -0.15) is 5.10 Å². The van der Waals surface area contributed by atoms with E-state index >= 15 is 0 Å². The molecule has 5 nitrogen and oxygen atoms in total. The smallest absolute Gasteiger partial charge is 0.203 e. The Bertz CT molecular complexity index is 589. The van der Waals surface area contributed by atoms with Crippen molar-refractivity contribution in [1.29, 1.82) is 0 Å². The zero-order valence-electron chi connectivity index (χ0n) is 12.6. The Labute approximate surface area is 120 Å². The van der Waals surface area contributed by atoms with E-state index in [1.54, 1.807) is 0 Å². The molecule has 0 aromatic carbocycles. The Morgan fingerprint density at radius 3 is 2.70 bits per heavy atom. The van der Waals surface area contributed by atoms with E-state index in [1.807, 2.05) is 17.9 Å². The highest BCUT2D eigenvalue weighted by molar-refractivity contribution is 5.33. The van der Waals surface area contributed by atoms with Crippen LogP contribution in [0.15, 0.2) is 12.4 Å². The largest absolute Gasteiger partial charge is 0.351 e. The van der Waals surface area contributed by atoms with Gasteiger partial charge < -0.3 is 9.88 Å². The van der Waals surface area contributed by atoms with Crippen molar-refractivity contribution in [2.75, 3.05) is 5.32 Å². The molecule has 108 valence electrons. The van der Waals surface area contributed by atoms with E-state index in [9.17, 15) is 0 Å². The van der Waals surface area contributed by atoms with Gasteiger partial charge in [0.25, 0.3) is 0 Å². The number of hydrogen-bond donors (Lipinski definition) is 1. The summed E-state index contributed by atoms with van der Waals surface area (Å²) < 4.78 is 4.24. The van der Waals surface area contributed by atoms with Crippen molar-refractivity contribution in [1.82, 2.24) is 19.3 Å². The van der Waals surface area contributed by atoms with Crippen molar-refractivity contribution in [2.24, 2.45) is 7.05 Å². The molecular formula is C15H23N5. The van der Waals surface area contributed by atoms with Gasteiger partial charge in [-0.25, -0.2) is 4.98 Å². The van der Waals surface area contributed by atoms with Gasteiger partial charge in [-0.15, -0.1) is 0 Å². The maximum Gasteiger partial charge on any atom is 0.203 e. The van der Waals surface area contributed by atoms with Gasteiger partial charge in [-0.1, -0.05) is 12.8 Å². The summed E-state index contributed by atoms with van der Waals surface area (Å²) in [5.41, 5.74) is 3.58. The van der Waals surface area contributed by atoms with Crippen LogP contribution in [0.5, 0.6) is 0 Å². The second kappa shape index (κ2) is 5.31. The van der Waals surface area contributed by atoms with E-state index in [0.717, 1.165) is 18.2 Å². The molecule has 2 heterocycles. The number of anilines is 1. The maximum absolute atomic E-state index is 4.47. The van der Waals surface area contributed by atoms with E-state index in [0.29, 0.717) is 6.04 Å². The highest BCUT2D eigenvalue weighted by Crippen LogP contribution is 2.31. The summed E-state index contributed by atoms with van der Waals surface area (Å²) in [7, 11) is 1.99. The molecular weight excluding hydrogens is 250 g/mol. The number of rotatable bonds is 4. The van der Waals surface area contributed by atoms with Crippen LogP contribution in [0.25, 0.3) is 0 Å². The molecule has 0 aliphatic heterocycles. The topological polar surface area (TPSA) is 47.7 Å². The molecule has 3 rings (SSSR count). The molecule has 5 heteroatoms. The molecule has 0 spiro atoms. The van der Waals surface area contributed by atoms with Crippen molar-refractivity contribution in [2.45, 2.75) is 52.1 Å². The lowest BCUT2D eigenvalue weighted by molar-refractivity contribution is 0.523. The maximum atomic E-state index is 4.47. The molecule has 0 radical (unpaired) electrons. The van der Waals surface area contributed by atoms with Crippen LogP contribution in [0.3, 0.4) is 0 Å². The van der Waals surface area contributed by atoms with Gasteiger partial charge in [0.05, 0.1) is 5.69 Å². The average molecular weight is 273 g/mol. The summed E-state index contributed by atoms with van der Waals surface area (Å²) in [6.45, 7) is 4.96. The van der Waals surface area contributed by atoms with Crippen LogP contribution in [0.2, 0.25) is 0 Å². The van der Waals surface area contributed by atoms with Crippen LogP contribution in [0.4, 0.5) is 5.95 Å². The Balaban J connectivity index is 1.74. The fraction of sp³-hybridized carbons (Fsp3) is 0.600. The molecule has 0 bridgehead atoms. The molecule has 1 aliphatic carbocycles. The Morgan fingerprint density at radius 1 is 1.30 bits per heavy atom. The molecule has 1 saturated carbocycles. The van der Waals surface area contributed by atoms with Gasteiger partial charge in [0.15, 0.2) is 0 Å². The van der Waals surface area contributed by atoms with Crippen LogP contribution >= 0.6 is 0 Å². The second-order valence-corrected chi connectivity index (χ2v) is 5.72. The fourth-order valence-corrected chi connectivity index (χ4v) is 3.17. The third-order valence-electron chi connectivity index (χ3n) is 4.47. The average Bonchev–Trinajstić information content (AvgIpc) is 3.11. The van der Waals surface area contributed by atoms with Crippen LogP contribution in [-0.2, 0) is 13.6 Å². The predicted octanol–water partition coefficient (Wildman–Crippen LogP) is 2.96. The summed E-state index contributed by atoms with van der Waals surface area (Å²) in [4.78, 5) is 4.47. The van der Waals surface area contributed by atoms with E-state index in [-0.39, 0.29) is 0 Å². The summed E-state index contributed by atoms with van der Waals surface area (Å²) >= 11 is 0. The van der Waals surface area contributed by atoms with Gasteiger partial charge in [0.1, 0.15) is 0 Å². The van der Waals surface area contributed by atoms with Crippen LogP contribution in [0.1, 0.15) is 48.7 Å². The first-order valence-corrected chi connectivity index (χ1v) is 7.42. The van der Waals surface area contributed by atoms with E-state index in [2.05, 4.69) is 40.0 Å². The molecule has 2 aromatic rings. The van der Waals surface area contributed by atoms with Crippen molar-refractivity contribution in [3.8, 4) is 0 Å². The van der Waals surface area contributed by atoms with Crippen molar-refractivity contribution >= 4 is 5.95 Å². The van der Waals surface area contributed by atoms with Crippen LogP contribution in [0, 0.1) is 13.8 Å². The quantitative estimate of drug-likeness (QED) is 0.931. The molecule has 1 aliphatic rings. The molecule has 0 unspecified atom stereocenters. The molecule has 0 amide bonds. The summed E-state index contributed by atoms with van der Waals surface area (Å²) in [5.74, 6) is 0.986. The monoisotopic (exact) mass is 273 g/mol. The minimum atomic E-state index is 0.621. The summed E-state index contributed by atoms with van der Waals surface area (Å²) in [6, 6.07) is 0.621. The molecule has 0 saturated heterocycles. The van der Waals surface area contributed by atoms with Gasteiger partial charge in [-0.05, 0) is 26.7 Å². The molecule has 1 N–H and O–H groups in total. The lowest BCUT2D eigenvalue weighted by Crippen LogP contribution is -2.11. The molecule has 1 fully saturated rings. The first-order valence-electron chi connectivity index (χ1n) is 7.42. The highest BCUT2D eigenvalue weighted by Gasteiger charge is 2.19. The standard InChI is InChI=1S/C15H23N5/c1-11-14(12(2)19(3)18-11)10-17-15-16-8-9-20(15)13-6-4-5-7-13/h8-9,13H,4-7,10H2,1-3H3,(H,16,17). The number of nitrogens with one attached hydrogen (secondary N) is 1. The Hall–Kier alpha value is -1.78. The summed E-state index contributed by atoms with van der Waals surface area (Å²) in [5, 5.41) is 7.94. The lowest BCUT2D eigenvalue weighted by atomic mass is 10.2. The SMILES string of the molecule is Cc1nn(C)c(C)c1CNc1nccn1C1CCCC1. The predicted molar refractivity (Wildman–Crippen MR) is 79.7 cm³/mol.